The largest absolute Gasteiger partial charge is 0.457 e. The van der Waals surface area contributed by atoms with Gasteiger partial charge in [0.25, 0.3) is 5.91 Å². The minimum absolute atomic E-state index is 0.235. The number of benzene rings is 1. The van der Waals surface area contributed by atoms with Crippen molar-refractivity contribution >= 4 is 33.9 Å². The zero-order chi connectivity index (χ0) is 16.4. The minimum atomic E-state index is -0.387. The second-order valence-corrected chi connectivity index (χ2v) is 6.07. The maximum absolute atomic E-state index is 12.2. The fourth-order valence-electron chi connectivity index (χ4n) is 2.37. The third kappa shape index (κ3) is 3.22. The van der Waals surface area contributed by atoms with Gasteiger partial charge in [0.1, 0.15) is 17.2 Å². The van der Waals surface area contributed by atoms with Gasteiger partial charge < -0.3 is 9.73 Å². The molecule has 1 aliphatic rings. The fraction of sp³-hybridized carbons (Fsp3) is 0.176. The van der Waals surface area contributed by atoms with Crippen molar-refractivity contribution in [3.8, 4) is 11.3 Å². The van der Waals surface area contributed by atoms with Crippen molar-refractivity contribution in [2.45, 2.75) is 13.3 Å². The lowest BCUT2D eigenvalue weighted by atomic mass is 10.2. The van der Waals surface area contributed by atoms with Gasteiger partial charge in [-0.15, -0.1) is 0 Å². The summed E-state index contributed by atoms with van der Waals surface area (Å²) in [5.41, 5.74) is 1.16. The molecule has 2 aromatic rings. The molecular weight excluding hydrogens is 360 g/mol. The van der Waals surface area contributed by atoms with E-state index in [1.165, 1.54) is 4.90 Å². The van der Waals surface area contributed by atoms with Gasteiger partial charge in [0, 0.05) is 22.7 Å². The lowest BCUT2D eigenvalue weighted by Gasteiger charge is -2.08. The van der Waals surface area contributed by atoms with E-state index in [0.29, 0.717) is 18.1 Å². The predicted molar refractivity (Wildman–Crippen MR) is 90.4 cm³/mol. The van der Waals surface area contributed by atoms with E-state index in [1.54, 1.807) is 12.1 Å². The molecule has 1 N–H and O–H groups in total. The summed E-state index contributed by atoms with van der Waals surface area (Å²) in [5, 5.41) is 2.58. The van der Waals surface area contributed by atoms with Gasteiger partial charge in [-0.2, -0.15) is 0 Å². The van der Waals surface area contributed by atoms with Crippen LogP contribution in [0.2, 0.25) is 0 Å². The molecule has 0 bridgehead atoms. The van der Waals surface area contributed by atoms with Gasteiger partial charge in [-0.25, -0.2) is 4.79 Å². The second kappa shape index (κ2) is 6.42. The van der Waals surface area contributed by atoms with Gasteiger partial charge in [0.2, 0.25) is 0 Å². The van der Waals surface area contributed by atoms with Crippen molar-refractivity contribution in [1.82, 2.24) is 10.2 Å². The molecule has 0 radical (unpaired) electrons. The van der Waals surface area contributed by atoms with Crippen LogP contribution in [0.4, 0.5) is 4.79 Å². The van der Waals surface area contributed by atoms with E-state index in [4.69, 9.17) is 4.42 Å². The molecule has 1 aromatic heterocycles. The van der Waals surface area contributed by atoms with E-state index in [2.05, 4.69) is 21.2 Å². The third-order valence-corrected chi connectivity index (χ3v) is 3.93. The van der Waals surface area contributed by atoms with Gasteiger partial charge in [-0.1, -0.05) is 35.0 Å². The molecule has 0 aliphatic carbocycles. The van der Waals surface area contributed by atoms with E-state index < -0.39 is 0 Å². The number of urea groups is 1. The number of hydrogen-bond acceptors (Lipinski definition) is 3. The summed E-state index contributed by atoms with van der Waals surface area (Å²) in [6, 6.07) is 11.0. The average molecular weight is 375 g/mol. The molecule has 1 aliphatic heterocycles. The van der Waals surface area contributed by atoms with Crippen LogP contribution in [0.15, 0.2) is 51.0 Å². The number of amides is 3. The Balaban J connectivity index is 1.84. The first-order chi connectivity index (χ1) is 11.1. The molecule has 2 heterocycles. The van der Waals surface area contributed by atoms with Crippen LogP contribution in [0, 0.1) is 0 Å². The maximum atomic E-state index is 12.2. The number of imide groups is 1. The standard InChI is InChI=1S/C17H15BrN2O3/c1-2-8-20-16(21)14(19-17(20)22)10-13-6-7-15(23-13)11-4-3-5-12(18)9-11/h3-7,9-10H,2,8H2,1H3,(H,19,22)/b14-10+. The van der Waals surface area contributed by atoms with Crippen LogP contribution in [-0.4, -0.2) is 23.4 Å². The van der Waals surface area contributed by atoms with Crippen molar-refractivity contribution in [1.29, 1.82) is 0 Å². The highest BCUT2D eigenvalue weighted by atomic mass is 79.9. The Morgan fingerprint density at radius 2 is 2.09 bits per heavy atom. The molecule has 0 spiro atoms. The molecule has 1 fully saturated rings. The van der Waals surface area contributed by atoms with Crippen molar-refractivity contribution in [2.24, 2.45) is 0 Å². The van der Waals surface area contributed by atoms with E-state index in [9.17, 15) is 9.59 Å². The number of furan rings is 1. The Labute approximate surface area is 142 Å². The molecule has 0 unspecified atom stereocenters. The first-order valence-corrected chi connectivity index (χ1v) is 8.08. The maximum Gasteiger partial charge on any atom is 0.329 e. The number of carbonyl (C=O) groups is 2. The van der Waals surface area contributed by atoms with Crippen LogP contribution >= 0.6 is 15.9 Å². The normalized spacial score (nSPS) is 16.3. The number of halogens is 1. The second-order valence-electron chi connectivity index (χ2n) is 5.16. The third-order valence-electron chi connectivity index (χ3n) is 3.43. The Morgan fingerprint density at radius 3 is 2.83 bits per heavy atom. The van der Waals surface area contributed by atoms with E-state index in [0.717, 1.165) is 16.5 Å². The summed E-state index contributed by atoms with van der Waals surface area (Å²) in [4.78, 5) is 25.1. The molecular formula is C17H15BrN2O3. The Morgan fingerprint density at radius 1 is 1.26 bits per heavy atom. The van der Waals surface area contributed by atoms with Gasteiger partial charge in [0.15, 0.2) is 0 Å². The Kier molecular flexibility index (Phi) is 4.34. The summed E-state index contributed by atoms with van der Waals surface area (Å²) in [7, 11) is 0. The number of carbonyl (C=O) groups excluding carboxylic acids is 2. The molecule has 3 amide bonds. The molecule has 118 valence electrons. The van der Waals surface area contributed by atoms with E-state index >= 15 is 0 Å². The first-order valence-electron chi connectivity index (χ1n) is 7.29. The molecule has 6 heteroatoms. The number of rotatable bonds is 4. The van der Waals surface area contributed by atoms with Crippen LogP contribution in [0.5, 0.6) is 0 Å². The molecule has 1 saturated heterocycles. The SMILES string of the molecule is CCCN1C(=O)N/C(=C/c2ccc(-c3cccc(Br)c3)o2)C1=O. The molecule has 1 aromatic carbocycles. The van der Waals surface area contributed by atoms with Crippen LogP contribution in [0.1, 0.15) is 19.1 Å². The molecule has 23 heavy (non-hydrogen) atoms. The highest BCUT2D eigenvalue weighted by Crippen LogP contribution is 2.26. The monoisotopic (exact) mass is 374 g/mol. The summed E-state index contributed by atoms with van der Waals surface area (Å²) in [6.45, 7) is 2.32. The van der Waals surface area contributed by atoms with Crippen molar-refractivity contribution in [2.75, 3.05) is 6.54 Å². The van der Waals surface area contributed by atoms with E-state index in [1.807, 2.05) is 37.3 Å². The number of nitrogens with zero attached hydrogens (tertiary/aromatic N) is 1. The van der Waals surface area contributed by atoms with Gasteiger partial charge >= 0.3 is 6.03 Å². The quantitative estimate of drug-likeness (QED) is 0.649. The number of nitrogens with one attached hydrogen (secondary N) is 1. The minimum Gasteiger partial charge on any atom is -0.457 e. The van der Waals surface area contributed by atoms with Gasteiger partial charge in [-0.3, -0.25) is 9.69 Å². The van der Waals surface area contributed by atoms with Crippen LogP contribution in [0.3, 0.4) is 0 Å². The Hall–Kier alpha value is -2.34. The summed E-state index contributed by atoms with van der Waals surface area (Å²) >= 11 is 3.42. The summed E-state index contributed by atoms with van der Waals surface area (Å²) in [6.07, 6.45) is 2.28. The lowest BCUT2D eigenvalue weighted by Crippen LogP contribution is -2.31. The zero-order valence-electron chi connectivity index (χ0n) is 12.5. The van der Waals surface area contributed by atoms with E-state index in [-0.39, 0.29) is 17.6 Å². The Bertz CT molecular complexity index is 795. The topological polar surface area (TPSA) is 62.6 Å². The summed E-state index contributed by atoms with van der Waals surface area (Å²) in [5.74, 6) is 0.888. The average Bonchev–Trinajstić information content (AvgIpc) is 3.09. The van der Waals surface area contributed by atoms with Crippen molar-refractivity contribution < 1.29 is 14.0 Å². The van der Waals surface area contributed by atoms with Crippen LogP contribution in [0.25, 0.3) is 17.4 Å². The van der Waals surface area contributed by atoms with Crippen molar-refractivity contribution in [3.63, 3.8) is 0 Å². The first kappa shape index (κ1) is 15.6. The van der Waals surface area contributed by atoms with Crippen LogP contribution < -0.4 is 5.32 Å². The molecule has 0 atom stereocenters. The van der Waals surface area contributed by atoms with Crippen molar-refractivity contribution in [3.05, 3.63) is 52.3 Å². The predicted octanol–water partition coefficient (Wildman–Crippen LogP) is 4.01. The zero-order valence-corrected chi connectivity index (χ0v) is 14.1. The van der Waals surface area contributed by atoms with Gasteiger partial charge in [-0.05, 0) is 30.7 Å². The molecule has 5 nitrogen and oxygen atoms in total. The molecule has 3 rings (SSSR count). The lowest BCUT2D eigenvalue weighted by molar-refractivity contribution is -0.122. The number of hydrogen-bond donors (Lipinski definition) is 1. The van der Waals surface area contributed by atoms with Crippen LogP contribution in [-0.2, 0) is 4.79 Å². The van der Waals surface area contributed by atoms with Gasteiger partial charge in [0.05, 0.1) is 0 Å². The fourth-order valence-corrected chi connectivity index (χ4v) is 2.77. The molecule has 0 saturated carbocycles. The highest BCUT2D eigenvalue weighted by molar-refractivity contribution is 9.10. The highest BCUT2D eigenvalue weighted by Gasteiger charge is 2.32. The smallest absolute Gasteiger partial charge is 0.329 e. The summed E-state index contributed by atoms with van der Waals surface area (Å²) < 4.78 is 6.70.